The third kappa shape index (κ3) is 10.0. The second-order valence-electron chi connectivity index (χ2n) is 15.6. The van der Waals surface area contributed by atoms with Crippen molar-refractivity contribution in [2.24, 2.45) is 0 Å². The second-order valence-corrected chi connectivity index (χ2v) is 15.6. The number of carbonyl (C=O) groups is 2. The predicted octanol–water partition coefficient (Wildman–Crippen LogP) is 7.25. The van der Waals surface area contributed by atoms with E-state index in [0.717, 1.165) is 53.0 Å². The molecule has 3 heterocycles. The lowest BCUT2D eigenvalue weighted by molar-refractivity contribution is 0.0383. The molecule has 0 saturated carbocycles. The van der Waals surface area contributed by atoms with Crippen molar-refractivity contribution in [3.05, 3.63) is 125 Å². The largest absolute Gasteiger partial charge is 0.438 e. The highest BCUT2D eigenvalue weighted by atomic mass is 16.5. The minimum Gasteiger partial charge on any atom is -0.438 e. The summed E-state index contributed by atoms with van der Waals surface area (Å²) >= 11 is 0. The number of nitrogens with zero attached hydrogens (tertiary/aromatic N) is 6. The number of hydrogen-bond acceptors (Lipinski definition) is 9. The molecule has 302 valence electrons. The molecule has 0 aliphatic carbocycles. The molecule has 13 heteroatoms. The SMILES string of the molecule is C#Cc1cc(Cc2nccc(Oc3ccc(NC(=O)Nc4cc(C(C)(C)C)nn4-c4ccc(N(C)C)cc4)c4ccccc34)n2)cc(C(=O)NCCN2CCOCC2)c1. The maximum Gasteiger partial charge on any atom is 0.324 e. The third-order valence-electron chi connectivity index (χ3n) is 9.96. The van der Waals surface area contributed by atoms with Crippen LogP contribution in [0.2, 0.25) is 0 Å². The average Bonchev–Trinajstić information content (AvgIpc) is 3.66. The zero-order valence-corrected chi connectivity index (χ0v) is 34.1. The van der Waals surface area contributed by atoms with Crippen LogP contribution >= 0.6 is 0 Å². The van der Waals surface area contributed by atoms with Crippen LogP contribution in [0.1, 0.15) is 53.8 Å². The number of ether oxygens (including phenoxy) is 2. The van der Waals surface area contributed by atoms with Crippen LogP contribution in [0, 0.1) is 12.3 Å². The zero-order valence-electron chi connectivity index (χ0n) is 34.1. The van der Waals surface area contributed by atoms with Crippen molar-refractivity contribution in [1.82, 2.24) is 30.0 Å². The van der Waals surface area contributed by atoms with Crippen LogP contribution in [0.25, 0.3) is 16.5 Å². The van der Waals surface area contributed by atoms with Crippen LogP contribution in [-0.4, -0.2) is 90.1 Å². The van der Waals surface area contributed by atoms with Crippen molar-refractivity contribution in [3.63, 3.8) is 0 Å². The highest BCUT2D eigenvalue weighted by Gasteiger charge is 2.22. The van der Waals surface area contributed by atoms with Gasteiger partial charge in [-0.25, -0.2) is 14.5 Å². The molecule has 1 saturated heterocycles. The van der Waals surface area contributed by atoms with Gasteiger partial charge in [0.15, 0.2) is 0 Å². The fraction of sp³-hybridized carbons (Fsp3) is 0.283. The van der Waals surface area contributed by atoms with Gasteiger partial charge in [0.2, 0.25) is 5.88 Å². The van der Waals surface area contributed by atoms with Gasteiger partial charge in [0.05, 0.1) is 30.3 Å². The molecular formula is C46H49N9O4. The normalized spacial score (nSPS) is 13.1. The number of terminal acetylenes is 1. The van der Waals surface area contributed by atoms with Crippen LogP contribution < -0.4 is 25.6 Å². The van der Waals surface area contributed by atoms with E-state index in [9.17, 15) is 9.59 Å². The molecule has 0 unspecified atom stereocenters. The molecule has 0 radical (unpaired) electrons. The van der Waals surface area contributed by atoms with Crippen molar-refractivity contribution in [2.75, 3.05) is 69.0 Å². The summed E-state index contributed by atoms with van der Waals surface area (Å²) in [6, 6.07) is 27.8. The number of aromatic nitrogens is 4. The summed E-state index contributed by atoms with van der Waals surface area (Å²) in [6.07, 6.45) is 7.74. The van der Waals surface area contributed by atoms with Gasteiger partial charge >= 0.3 is 6.03 Å². The van der Waals surface area contributed by atoms with Gasteiger partial charge in [-0.15, -0.1) is 6.42 Å². The van der Waals surface area contributed by atoms with Crippen LogP contribution in [-0.2, 0) is 16.6 Å². The van der Waals surface area contributed by atoms with Gasteiger partial charge in [-0.2, -0.15) is 10.1 Å². The van der Waals surface area contributed by atoms with Crippen LogP contribution in [0.5, 0.6) is 11.6 Å². The van der Waals surface area contributed by atoms with Gasteiger partial charge in [0.25, 0.3) is 5.91 Å². The maximum absolute atomic E-state index is 13.6. The molecule has 4 aromatic carbocycles. The summed E-state index contributed by atoms with van der Waals surface area (Å²) < 4.78 is 13.5. The fourth-order valence-corrected chi connectivity index (χ4v) is 6.75. The van der Waals surface area contributed by atoms with Crippen molar-refractivity contribution in [1.29, 1.82) is 0 Å². The molecule has 0 bridgehead atoms. The van der Waals surface area contributed by atoms with E-state index < -0.39 is 6.03 Å². The summed E-state index contributed by atoms with van der Waals surface area (Å²) in [4.78, 5) is 40.2. The van der Waals surface area contributed by atoms with E-state index in [0.29, 0.717) is 66.3 Å². The summed E-state index contributed by atoms with van der Waals surface area (Å²) in [7, 11) is 3.98. The van der Waals surface area contributed by atoms with E-state index in [4.69, 9.17) is 26.0 Å². The molecule has 1 fully saturated rings. The maximum atomic E-state index is 13.6. The average molecular weight is 792 g/mol. The minimum absolute atomic E-state index is 0.191. The first-order valence-electron chi connectivity index (χ1n) is 19.6. The molecule has 59 heavy (non-hydrogen) atoms. The first-order valence-corrected chi connectivity index (χ1v) is 19.6. The van der Waals surface area contributed by atoms with Crippen LogP contribution in [0.15, 0.2) is 97.2 Å². The number of anilines is 3. The van der Waals surface area contributed by atoms with Crippen LogP contribution in [0.4, 0.5) is 22.0 Å². The Balaban J connectivity index is 1.05. The number of carbonyl (C=O) groups excluding carboxylic acids is 2. The second kappa shape index (κ2) is 17.8. The lowest BCUT2D eigenvalue weighted by Crippen LogP contribution is -2.41. The Bertz CT molecular complexity index is 2490. The number of urea groups is 1. The number of amides is 3. The van der Waals surface area contributed by atoms with Crippen LogP contribution in [0.3, 0.4) is 0 Å². The lowest BCUT2D eigenvalue weighted by Gasteiger charge is -2.26. The Labute approximate surface area is 344 Å². The molecule has 13 nitrogen and oxygen atoms in total. The van der Waals surface area contributed by atoms with Gasteiger partial charge in [0, 0.05) is 98.0 Å². The Kier molecular flexibility index (Phi) is 12.2. The molecule has 6 aromatic rings. The minimum atomic E-state index is -0.418. The van der Waals surface area contributed by atoms with Gasteiger partial charge < -0.3 is 25.0 Å². The number of nitrogens with one attached hydrogen (secondary N) is 3. The van der Waals surface area contributed by atoms with E-state index in [-0.39, 0.29) is 11.3 Å². The standard InChI is InChI=1S/C46H49N9O4/c1-7-31-26-32(28-33(27-31)44(56)48-20-21-54-22-24-58-25-23-54)29-41-47-19-18-43(50-41)59-39-17-16-38(36-10-8-9-11-37(36)39)49-45(57)51-42-30-40(46(2,3)4)52-55(42)35-14-12-34(13-15-35)53(5)6/h1,8-19,26-28,30H,20-25,29H2,2-6H3,(H,48,56)(H2,49,51,57). The summed E-state index contributed by atoms with van der Waals surface area (Å²) in [5.41, 5.74) is 4.96. The van der Waals surface area contributed by atoms with Gasteiger partial charge in [0.1, 0.15) is 17.4 Å². The van der Waals surface area contributed by atoms with Crippen molar-refractivity contribution < 1.29 is 19.1 Å². The topological polar surface area (TPSA) is 139 Å². The molecule has 3 amide bonds. The number of rotatable bonds is 12. The molecule has 1 aliphatic heterocycles. The van der Waals surface area contributed by atoms with Crippen molar-refractivity contribution in [3.8, 4) is 29.7 Å². The quantitative estimate of drug-likeness (QED) is 0.110. The molecule has 3 N–H and O–H groups in total. The van der Waals surface area contributed by atoms with E-state index in [1.54, 1.807) is 35.1 Å². The fourth-order valence-electron chi connectivity index (χ4n) is 6.75. The zero-order chi connectivity index (χ0) is 41.5. The van der Waals surface area contributed by atoms with Crippen molar-refractivity contribution >= 4 is 39.9 Å². The monoisotopic (exact) mass is 791 g/mol. The number of benzene rings is 4. The number of hydrogen-bond donors (Lipinski definition) is 3. The first-order chi connectivity index (χ1) is 28.4. The lowest BCUT2D eigenvalue weighted by atomic mass is 9.92. The van der Waals surface area contributed by atoms with E-state index in [1.165, 1.54) is 0 Å². The third-order valence-corrected chi connectivity index (χ3v) is 9.96. The summed E-state index contributed by atoms with van der Waals surface area (Å²) in [6.45, 7) is 10.7. The summed E-state index contributed by atoms with van der Waals surface area (Å²) in [5.74, 6) is 4.40. The molecule has 7 rings (SSSR count). The number of morpholine rings is 1. The first kappa shape index (κ1) is 40.4. The number of fused-ring (bicyclic) bond motifs is 1. The van der Waals surface area contributed by atoms with E-state index in [2.05, 4.69) is 52.5 Å². The van der Waals surface area contributed by atoms with E-state index >= 15 is 0 Å². The Hall–Kier alpha value is -6.75. The highest BCUT2D eigenvalue weighted by molar-refractivity contribution is 6.07. The molecule has 0 atom stereocenters. The van der Waals surface area contributed by atoms with E-state index in [1.807, 2.05) is 85.7 Å². The smallest absolute Gasteiger partial charge is 0.324 e. The molecule has 1 aliphatic rings. The van der Waals surface area contributed by atoms with Crippen molar-refractivity contribution in [2.45, 2.75) is 32.6 Å². The molecule has 0 spiro atoms. The Morgan fingerprint density at radius 1 is 0.932 bits per heavy atom. The van der Waals surface area contributed by atoms with Gasteiger partial charge in [-0.1, -0.05) is 51.0 Å². The van der Waals surface area contributed by atoms with Gasteiger partial charge in [-0.3, -0.25) is 15.0 Å². The molecular weight excluding hydrogens is 743 g/mol. The Morgan fingerprint density at radius 2 is 1.69 bits per heavy atom. The Morgan fingerprint density at radius 3 is 2.42 bits per heavy atom. The predicted molar refractivity (Wildman–Crippen MR) is 232 cm³/mol. The summed E-state index contributed by atoms with van der Waals surface area (Å²) in [5, 5.41) is 15.5. The molecule has 2 aromatic heterocycles. The van der Waals surface area contributed by atoms with Gasteiger partial charge in [-0.05, 0) is 60.2 Å². The highest BCUT2D eigenvalue weighted by Crippen LogP contribution is 2.34.